The van der Waals surface area contributed by atoms with Crippen LogP contribution in [0.3, 0.4) is 0 Å². The summed E-state index contributed by atoms with van der Waals surface area (Å²) in [5.41, 5.74) is 1.000. The number of aliphatic hydroxyl groups is 1. The molecule has 0 aromatic heterocycles. The molecule has 1 aromatic rings. The van der Waals surface area contributed by atoms with Crippen LogP contribution in [0.25, 0.3) is 0 Å². The number of hydrogen-bond acceptors (Lipinski definition) is 2. The zero-order valence-electron chi connectivity index (χ0n) is 12.7. The SMILES string of the molecule is CC(NCCCC1CCCCC1)C(O)c1ccccc1. The van der Waals surface area contributed by atoms with E-state index in [-0.39, 0.29) is 6.04 Å². The lowest BCUT2D eigenvalue weighted by molar-refractivity contribution is 0.135. The van der Waals surface area contributed by atoms with Crippen molar-refractivity contribution in [1.29, 1.82) is 0 Å². The molecule has 1 fully saturated rings. The van der Waals surface area contributed by atoms with Crippen molar-refractivity contribution in [3.05, 3.63) is 35.9 Å². The minimum absolute atomic E-state index is 0.115. The van der Waals surface area contributed by atoms with Gasteiger partial charge in [-0.2, -0.15) is 0 Å². The van der Waals surface area contributed by atoms with Crippen molar-refractivity contribution in [2.75, 3.05) is 6.54 Å². The van der Waals surface area contributed by atoms with Crippen molar-refractivity contribution < 1.29 is 5.11 Å². The van der Waals surface area contributed by atoms with Crippen LogP contribution >= 0.6 is 0 Å². The van der Waals surface area contributed by atoms with Crippen molar-refractivity contribution >= 4 is 0 Å². The highest BCUT2D eigenvalue weighted by Gasteiger charge is 2.16. The minimum Gasteiger partial charge on any atom is -0.387 e. The fourth-order valence-electron chi connectivity index (χ4n) is 3.25. The molecule has 0 saturated heterocycles. The van der Waals surface area contributed by atoms with E-state index in [4.69, 9.17) is 0 Å². The highest BCUT2D eigenvalue weighted by Crippen LogP contribution is 2.27. The smallest absolute Gasteiger partial charge is 0.0940 e. The molecule has 1 saturated carbocycles. The summed E-state index contributed by atoms with van der Waals surface area (Å²) in [6.45, 7) is 3.08. The highest BCUT2D eigenvalue weighted by atomic mass is 16.3. The quantitative estimate of drug-likeness (QED) is 0.736. The normalized spacial score (nSPS) is 19.7. The Kier molecular flexibility index (Phi) is 6.55. The molecule has 2 N–H and O–H groups in total. The Hall–Kier alpha value is -0.860. The van der Waals surface area contributed by atoms with Crippen LogP contribution in [0.5, 0.6) is 0 Å². The zero-order valence-corrected chi connectivity index (χ0v) is 12.7. The monoisotopic (exact) mass is 275 g/mol. The summed E-state index contributed by atoms with van der Waals surface area (Å²) >= 11 is 0. The first kappa shape index (κ1) is 15.5. The Morgan fingerprint density at radius 3 is 2.55 bits per heavy atom. The van der Waals surface area contributed by atoms with Crippen LogP contribution in [0, 0.1) is 5.92 Å². The molecule has 1 aliphatic carbocycles. The summed E-state index contributed by atoms with van der Waals surface area (Å²) in [7, 11) is 0. The molecule has 2 rings (SSSR count). The maximum absolute atomic E-state index is 10.3. The van der Waals surface area contributed by atoms with Crippen molar-refractivity contribution in [2.24, 2.45) is 5.92 Å². The van der Waals surface area contributed by atoms with Crippen molar-refractivity contribution in [3.63, 3.8) is 0 Å². The number of aliphatic hydroxyl groups excluding tert-OH is 1. The Bertz CT molecular complexity index is 359. The fraction of sp³-hybridized carbons (Fsp3) is 0.667. The Balaban J connectivity index is 1.63. The van der Waals surface area contributed by atoms with Crippen LogP contribution in [0.4, 0.5) is 0 Å². The van der Waals surface area contributed by atoms with Crippen molar-refractivity contribution in [1.82, 2.24) is 5.32 Å². The van der Waals surface area contributed by atoms with Gasteiger partial charge in [-0.1, -0.05) is 62.4 Å². The predicted molar refractivity (Wildman–Crippen MR) is 84.7 cm³/mol. The molecule has 1 aromatic carbocycles. The van der Waals surface area contributed by atoms with Crippen LogP contribution in [-0.2, 0) is 0 Å². The van der Waals surface area contributed by atoms with E-state index in [0.717, 1.165) is 18.0 Å². The van der Waals surface area contributed by atoms with Crippen LogP contribution in [0.1, 0.15) is 63.5 Å². The molecule has 2 atom stereocenters. The molecule has 112 valence electrons. The van der Waals surface area contributed by atoms with E-state index in [1.54, 1.807) is 0 Å². The summed E-state index contributed by atoms with van der Waals surface area (Å²) in [5, 5.41) is 13.7. The summed E-state index contributed by atoms with van der Waals surface area (Å²) in [5.74, 6) is 0.958. The van der Waals surface area contributed by atoms with Gasteiger partial charge in [0.2, 0.25) is 0 Å². The Morgan fingerprint density at radius 1 is 1.15 bits per heavy atom. The van der Waals surface area contributed by atoms with E-state index in [1.807, 2.05) is 30.3 Å². The molecule has 0 spiro atoms. The third kappa shape index (κ3) is 4.92. The number of rotatable bonds is 7. The van der Waals surface area contributed by atoms with E-state index in [2.05, 4.69) is 12.2 Å². The third-order valence-electron chi connectivity index (χ3n) is 4.59. The second-order valence-electron chi connectivity index (χ2n) is 6.24. The van der Waals surface area contributed by atoms with Crippen LogP contribution in [-0.4, -0.2) is 17.7 Å². The van der Waals surface area contributed by atoms with Gasteiger partial charge in [0.1, 0.15) is 0 Å². The second-order valence-corrected chi connectivity index (χ2v) is 6.24. The molecular formula is C18H29NO. The van der Waals surface area contributed by atoms with Crippen LogP contribution < -0.4 is 5.32 Å². The standard InChI is InChI=1S/C18H29NO/c1-15(18(20)17-12-6-3-7-13-17)19-14-8-11-16-9-4-2-5-10-16/h3,6-7,12-13,15-16,18-20H,2,4-5,8-11,14H2,1H3. The van der Waals surface area contributed by atoms with Gasteiger partial charge >= 0.3 is 0 Å². The van der Waals surface area contributed by atoms with E-state index in [9.17, 15) is 5.11 Å². The summed E-state index contributed by atoms with van der Waals surface area (Å²) < 4.78 is 0. The van der Waals surface area contributed by atoms with E-state index >= 15 is 0 Å². The lowest BCUT2D eigenvalue weighted by Gasteiger charge is -2.23. The zero-order chi connectivity index (χ0) is 14.2. The van der Waals surface area contributed by atoms with Gasteiger partial charge in [-0.15, -0.1) is 0 Å². The lowest BCUT2D eigenvalue weighted by Crippen LogP contribution is -2.33. The Labute approximate surface area is 123 Å². The third-order valence-corrected chi connectivity index (χ3v) is 4.59. The molecule has 20 heavy (non-hydrogen) atoms. The molecule has 2 nitrogen and oxygen atoms in total. The first-order valence-electron chi connectivity index (χ1n) is 8.24. The molecule has 2 unspecified atom stereocenters. The van der Waals surface area contributed by atoms with Crippen molar-refractivity contribution in [3.8, 4) is 0 Å². The molecule has 1 aliphatic rings. The molecular weight excluding hydrogens is 246 g/mol. The first-order chi connectivity index (χ1) is 9.77. The average molecular weight is 275 g/mol. The largest absolute Gasteiger partial charge is 0.387 e. The summed E-state index contributed by atoms with van der Waals surface area (Å²) in [6, 6.07) is 10.0. The fourth-order valence-corrected chi connectivity index (χ4v) is 3.25. The lowest BCUT2D eigenvalue weighted by atomic mass is 9.86. The molecule has 0 bridgehead atoms. The molecule has 2 heteroatoms. The van der Waals surface area contributed by atoms with Gasteiger partial charge in [-0.3, -0.25) is 0 Å². The minimum atomic E-state index is -0.411. The van der Waals surface area contributed by atoms with Crippen LogP contribution in [0.2, 0.25) is 0 Å². The maximum Gasteiger partial charge on any atom is 0.0940 e. The maximum atomic E-state index is 10.3. The predicted octanol–water partition coefficient (Wildman–Crippen LogP) is 4.06. The molecule has 0 aliphatic heterocycles. The first-order valence-corrected chi connectivity index (χ1v) is 8.24. The molecule has 0 heterocycles. The van der Waals surface area contributed by atoms with Gasteiger partial charge in [0.15, 0.2) is 0 Å². The van der Waals surface area contributed by atoms with Gasteiger partial charge in [0, 0.05) is 6.04 Å². The van der Waals surface area contributed by atoms with Gasteiger partial charge in [0.05, 0.1) is 6.10 Å². The van der Waals surface area contributed by atoms with E-state index in [0.29, 0.717) is 0 Å². The van der Waals surface area contributed by atoms with Crippen molar-refractivity contribution in [2.45, 2.75) is 64.0 Å². The average Bonchev–Trinajstić information content (AvgIpc) is 2.52. The number of hydrogen-bond donors (Lipinski definition) is 2. The van der Waals surface area contributed by atoms with E-state index in [1.165, 1.54) is 44.9 Å². The molecule has 0 radical (unpaired) electrons. The molecule has 0 amide bonds. The number of benzene rings is 1. The summed E-state index contributed by atoms with van der Waals surface area (Å²) in [4.78, 5) is 0. The second kappa shape index (κ2) is 8.43. The Morgan fingerprint density at radius 2 is 1.85 bits per heavy atom. The topological polar surface area (TPSA) is 32.3 Å². The van der Waals surface area contributed by atoms with Gasteiger partial charge in [-0.25, -0.2) is 0 Å². The van der Waals surface area contributed by atoms with Gasteiger partial charge in [0.25, 0.3) is 0 Å². The van der Waals surface area contributed by atoms with Crippen LogP contribution in [0.15, 0.2) is 30.3 Å². The van der Waals surface area contributed by atoms with E-state index < -0.39 is 6.10 Å². The summed E-state index contributed by atoms with van der Waals surface area (Å²) in [6.07, 6.45) is 9.34. The highest BCUT2D eigenvalue weighted by molar-refractivity contribution is 5.18. The number of nitrogens with one attached hydrogen (secondary N) is 1. The van der Waals surface area contributed by atoms with Gasteiger partial charge in [-0.05, 0) is 37.8 Å². The van der Waals surface area contributed by atoms with Gasteiger partial charge < -0.3 is 10.4 Å².